The van der Waals surface area contributed by atoms with Crippen molar-refractivity contribution >= 4 is 17.6 Å². The maximum absolute atomic E-state index is 12.2. The number of aromatic nitrogens is 2. The second kappa shape index (κ2) is 4.42. The molecule has 0 aliphatic rings. The van der Waals surface area contributed by atoms with Crippen molar-refractivity contribution in [2.75, 3.05) is 29.5 Å². The van der Waals surface area contributed by atoms with Crippen molar-refractivity contribution in [3.63, 3.8) is 0 Å². The Kier molecular flexibility index (Phi) is 3.41. The van der Waals surface area contributed by atoms with Crippen molar-refractivity contribution in [2.24, 2.45) is 0 Å². The summed E-state index contributed by atoms with van der Waals surface area (Å²) in [6, 6.07) is 1.26. The maximum atomic E-state index is 12.2. The number of rotatable bonds is 3. The molecule has 4 N–H and O–H groups in total. The third-order valence-corrected chi connectivity index (χ3v) is 1.83. The van der Waals surface area contributed by atoms with Gasteiger partial charge in [0.05, 0.1) is 0 Å². The highest BCUT2D eigenvalue weighted by molar-refractivity contribution is 5.50. The van der Waals surface area contributed by atoms with Crippen LogP contribution in [0.25, 0.3) is 0 Å². The Bertz CT molecular complexity index is 345. The molecule has 1 heterocycles. The molecule has 0 aliphatic carbocycles. The molecule has 0 saturated carbocycles. The highest BCUT2D eigenvalue weighted by Crippen LogP contribution is 2.21. The van der Waals surface area contributed by atoms with Crippen LogP contribution in [0.2, 0.25) is 0 Å². The summed E-state index contributed by atoms with van der Waals surface area (Å²) in [4.78, 5) is 8.31. The summed E-state index contributed by atoms with van der Waals surface area (Å²) < 4.78 is 36.7. The first-order valence-corrected chi connectivity index (χ1v) is 4.53. The summed E-state index contributed by atoms with van der Waals surface area (Å²) in [5, 5.41) is 0. The van der Waals surface area contributed by atoms with Crippen LogP contribution in [-0.2, 0) is 0 Å². The maximum Gasteiger partial charge on any atom is 0.405 e. The fraction of sp³-hybridized carbons (Fsp3) is 0.500. The second-order valence-corrected chi connectivity index (χ2v) is 3.14. The first-order valence-electron chi connectivity index (χ1n) is 4.53. The van der Waals surface area contributed by atoms with Gasteiger partial charge in [-0.2, -0.15) is 23.1 Å². The summed E-state index contributed by atoms with van der Waals surface area (Å²) in [5.74, 6) is -0.0245. The predicted molar refractivity (Wildman–Crippen MR) is 54.8 cm³/mol. The summed E-state index contributed by atoms with van der Waals surface area (Å²) in [6.45, 7) is 0.634. The molecule has 0 aromatic carbocycles. The highest BCUT2D eigenvalue weighted by Gasteiger charge is 2.31. The molecule has 8 heteroatoms. The predicted octanol–water partition coefficient (Wildman–Crippen LogP) is 1.03. The first kappa shape index (κ1) is 12.3. The van der Waals surface area contributed by atoms with Gasteiger partial charge in [0, 0.05) is 12.6 Å². The highest BCUT2D eigenvalue weighted by atomic mass is 19.4. The summed E-state index contributed by atoms with van der Waals surface area (Å²) >= 11 is 0. The van der Waals surface area contributed by atoms with E-state index < -0.39 is 12.7 Å². The number of hydrogen-bond acceptors (Lipinski definition) is 5. The van der Waals surface area contributed by atoms with Gasteiger partial charge in [0.2, 0.25) is 5.95 Å². The average molecular weight is 235 g/mol. The lowest BCUT2D eigenvalue weighted by molar-refractivity contribution is -0.119. The van der Waals surface area contributed by atoms with Gasteiger partial charge < -0.3 is 16.4 Å². The minimum atomic E-state index is -4.30. The molecule has 5 nitrogen and oxygen atoms in total. The third-order valence-electron chi connectivity index (χ3n) is 1.83. The summed E-state index contributed by atoms with van der Waals surface area (Å²) in [6.07, 6.45) is -4.30. The van der Waals surface area contributed by atoms with Gasteiger partial charge in [-0.3, -0.25) is 0 Å². The number of nitrogens with zero attached hydrogens (tertiary/aromatic N) is 3. The van der Waals surface area contributed by atoms with E-state index in [1.807, 2.05) is 0 Å². The van der Waals surface area contributed by atoms with Crippen molar-refractivity contribution in [1.29, 1.82) is 0 Å². The van der Waals surface area contributed by atoms with Crippen molar-refractivity contribution in [3.8, 4) is 0 Å². The molecule has 1 aromatic rings. The number of anilines is 3. The Morgan fingerprint density at radius 3 is 2.38 bits per heavy atom. The van der Waals surface area contributed by atoms with Gasteiger partial charge in [-0.15, -0.1) is 0 Å². The SMILES string of the molecule is CCN(CC(F)(F)F)c1cc(N)nc(N)n1. The zero-order valence-corrected chi connectivity index (χ0v) is 8.62. The molecular formula is C8H12F3N5. The van der Waals surface area contributed by atoms with Gasteiger partial charge in [0.1, 0.15) is 18.2 Å². The van der Waals surface area contributed by atoms with Crippen LogP contribution in [0.5, 0.6) is 0 Å². The van der Waals surface area contributed by atoms with Crippen LogP contribution in [0.4, 0.5) is 30.8 Å². The molecule has 90 valence electrons. The van der Waals surface area contributed by atoms with Gasteiger partial charge >= 0.3 is 6.18 Å². The van der Waals surface area contributed by atoms with E-state index in [2.05, 4.69) is 9.97 Å². The van der Waals surface area contributed by atoms with Crippen molar-refractivity contribution in [2.45, 2.75) is 13.1 Å². The van der Waals surface area contributed by atoms with Gasteiger partial charge in [0.25, 0.3) is 0 Å². The number of alkyl halides is 3. The lowest BCUT2D eigenvalue weighted by Crippen LogP contribution is -2.34. The minimum Gasteiger partial charge on any atom is -0.383 e. The Labute approximate surface area is 90.3 Å². The van der Waals surface area contributed by atoms with E-state index in [4.69, 9.17) is 11.5 Å². The average Bonchev–Trinajstić information content (AvgIpc) is 2.11. The van der Waals surface area contributed by atoms with Crippen molar-refractivity contribution in [3.05, 3.63) is 6.07 Å². The van der Waals surface area contributed by atoms with E-state index in [-0.39, 0.29) is 24.1 Å². The second-order valence-electron chi connectivity index (χ2n) is 3.14. The summed E-state index contributed by atoms with van der Waals surface area (Å²) in [5.41, 5.74) is 10.7. The standard InChI is InChI=1S/C8H12F3N5/c1-2-16(4-8(9,10)11)6-3-5(12)14-7(13)15-6/h3H,2,4H2,1H3,(H4,12,13,14,15). The number of nitrogens with two attached hydrogens (primary N) is 2. The molecule has 0 saturated heterocycles. The van der Waals surface area contributed by atoms with E-state index in [0.29, 0.717) is 0 Å². The summed E-state index contributed by atoms with van der Waals surface area (Å²) in [7, 11) is 0. The Morgan fingerprint density at radius 2 is 1.94 bits per heavy atom. The monoisotopic (exact) mass is 235 g/mol. The molecule has 0 atom stereocenters. The fourth-order valence-electron chi connectivity index (χ4n) is 1.20. The van der Waals surface area contributed by atoms with Crippen molar-refractivity contribution < 1.29 is 13.2 Å². The smallest absolute Gasteiger partial charge is 0.383 e. The Balaban J connectivity index is 2.95. The molecule has 0 amide bonds. The van der Waals surface area contributed by atoms with Crippen LogP contribution in [0.15, 0.2) is 6.07 Å². The lowest BCUT2D eigenvalue weighted by Gasteiger charge is -2.23. The van der Waals surface area contributed by atoms with Crippen LogP contribution in [-0.4, -0.2) is 29.2 Å². The van der Waals surface area contributed by atoms with Crippen molar-refractivity contribution in [1.82, 2.24) is 9.97 Å². The van der Waals surface area contributed by atoms with Gasteiger partial charge in [-0.1, -0.05) is 0 Å². The molecule has 0 fully saturated rings. The van der Waals surface area contributed by atoms with Crippen LogP contribution in [0, 0.1) is 0 Å². The molecule has 0 radical (unpaired) electrons. The molecular weight excluding hydrogens is 223 g/mol. The van der Waals surface area contributed by atoms with Crippen LogP contribution in [0.3, 0.4) is 0 Å². The fourth-order valence-corrected chi connectivity index (χ4v) is 1.20. The Hall–Kier alpha value is -1.73. The number of hydrogen-bond donors (Lipinski definition) is 2. The van der Waals surface area contributed by atoms with Crippen LogP contribution in [0.1, 0.15) is 6.92 Å². The normalized spacial score (nSPS) is 11.5. The zero-order chi connectivity index (χ0) is 12.3. The van der Waals surface area contributed by atoms with E-state index in [0.717, 1.165) is 4.90 Å². The topological polar surface area (TPSA) is 81.1 Å². The van der Waals surface area contributed by atoms with Gasteiger partial charge in [-0.05, 0) is 6.92 Å². The van der Waals surface area contributed by atoms with Crippen LogP contribution >= 0.6 is 0 Å². The molecule has 1 aromatic heterocycles. The molecule has 0 spiro atoms. The number of nitrogen functional groups attached to an aromatic ring is 2. The molecule has 16 heavy (non-hydrogen) atoms. The third kappa shape index (κ3) is 3.44. The van der Waals surface area contributed by atoms with Gasteiger partial charge in [0.15, 0.2) is 0 Å². The van der Waals surface area contributed by atoms with E-state index in [1.165, 1.54) is 6.07 Å². The molecule has 0 aliphatic heterocycles. The minimum absolute atomic E-state index is 0.0446. The molecule has 1 rings (SSSR count). The quantitative estimate of drug-likeness (QED) is 0.817. The lowest BCUT2D eigenvalue weighted by atomic mass is 10.4. The largest absolute Gasteiger partial charge is 0.405 e. The van der Waals surface area contributed by atoms with E-state index in [9.17, 15) is 13.2 Å². The first-order chi connectivity index (χ1) is 7.31. The zero-order valence-electron chi connectivity index (χ0n) is 8.62. The molecule has 0 bridgehead atoms. The van der Waals surface area contributed by atoms with E-state index >= 15 is 0 Å². The molecule has 0 unspecified atom stereocenters. The van der Waals surface area contributed by atoms with E-state index in [1.54, 1.807) is 6.92 Å². The Morgan fingerprint density at radius 1 is 1.31 bits per heavy atom. The number of halogens is 3. The van der Waals surface area contributed by atoms with Crippen LogP contribution < -0.4 is 16.4 Å². The van der Waals surface area contributed by atoms with Gasteiger partial charge in [-0.25, -0.2) is 0 Å².